The zero-order valence-electron chi connectivity index (χ0n) is 24.4. The summed E-state index contributed by atoms with van der Waals surface area (Å²) in [7, 11) is -0.894. The Kier molecular flexibility index (Phi) is 9.56. The van der Waals surface area contributed by atoms with E-state index in [1.54, 1.807) is 14.0 Å². The third-order valence-corrected chi connectivity index (χ3v) is 8.89. The van der Waals surface area contributed by atoms with Crippen molar-refractivity contribution in [3.05, 3.63) is 66.1 Å². The highest BCUT2D eigenvalue weighted by Crippen LogP contribution is 2.32. The molecule has 2 heterocycles. The van der Waals surface area contributed by atoms with Crippen LogP contribution in [-0.2, 0) is 23.2 Å². The molecule has 0 saturated heterocycles. The van der Waals surface area contributed by atoms with Gasteiger partial charge < -0.3 is 29.9 Å². The maximum Gasteiger partial charge on any atom is 0.416 e. The monoisotopic (exact) mass is 638 g/mol. The third-order valence-electron chi connectivity index (χ3n) is 7.19. The molecule has 12 nitrogen and oxygen atoms in total. The van der Waals surface area contributed by atoms with Crippen LogP contribution in [0.1, 0.15) is 29.8 Å². The third kappa shape index (κ3) is 7.31. The van der Waals surface area contributed by atoms with Gasteiger partial charge in [-0.2, -0.15) is 17.5 Å². The predicted molar refractivity (Wildman–Crippen MR) is 155 cm³/mol. The minimum Gasteiger partial charge on any atom is -0.488 e. The van der Waals surface area contributed by atoms with E-state index < -0.39 is 45.8 Å². The van der Waals surface area contributed by atoms with Crippen LogP contribution in [-0.4, -0.2) is 83.1 Å². The Labute approximate surface area is 252 Å². The summed E-state index contributed by atoms with van der Waals surface area (Å²) in [4.78, 5) is 31.7. The van der Waals surface area contributed by atoms with Gasteiger partial charge in [0.1, 0.15) is 11.9 Å². The van der Waals surface area contributed by atoms with Crippen molar-refractivity contribution in [2.45, 2.75) is 37.2 Å². The van der Waals surface area contributed by atoms with Gasteiger partial charge in [-0.25, -0.2) is 18.2 Å². The number of halogens is 3. The molecule has 0 unspecified atom stereocenters. The van der Waals surface area contributed by atoms with Crippen LogP contribution in [0.25, 0.3) is 0 Å². The molecule has 44 heavy (non-hydrogen) atoms. The number of nitrogens with zero attached hydrogens (tertiary/aromatic N) is 4. The van der Waals surface area contributed by atoms with Crippen molar-refractivity contribution in [3.63, 3.8) is 0 Å². The Hall–Kier alpha value is -4.15. The molecule has 0 aliphatic carbocycles. The van der Waals surface area contributed by atoms with Crippen molar-refractivity contribution < 1.29 is 41.0 Å². The summed E-state index contributed by atoms with van der Waals surface area (Å²) in [6, 6.07) is 6.85. The summed E-state index contributed by atoms with van der Waals surface area (Å²) in [6.07, 6.45) is -2.48. The van der Waals surface area contributed by atoms with Crippen LogP contribution in [0.5, 0.6) is 5.75 Å². The topological polar surface area (TPSA) is 146 Å². The number of aliphatic hydroxyl groups is 1. The Morgan fingerprint density at radius 2 is 1.82 bits per heavy atom. The number of carbonyl (C=O) groups is 2. The number of hydrogen-bond acceptors (Lipinski definition) is 7. The number of alkyl halides is 3. The number of rotatable bonds is 8. The van der Waals surface area contributed by atoms with Gasteiger partial charge >= 0.3 is 12.2 Å². The molecular weight excluding hydrogens is 605 g/mol. The number of fused-ring (bicyclic) bond motifs is 1. The van der Waals surface area contributed by atoms with Gasteiger partial charge in [0.05, 0.1) is 36.6 Å². The van der Waals surface area contributed by atoms with Crippen LogP contribution >= 0.6 is 0 Å². The quantitative estimate of drug-likeness (QED) is 0.342. The van der Waals surface area contributed by atoms with Crippen molar-refractivity contribution in [1.29, 1.82) is 0 Å². The molecular formula is C28H33F3N6O6S. The van der Waals surface area contributed by atoms with Gasteiger partial charge in [0, 0.05) is 44.1 Å². The van der Waals surface area contributed by atoms with E-state index in [0.29, 0.717) is 0 Å². The highest BCUT2D eigenvalue weighted by atomic mass is 32.2. The number of hydrogen-bond donors (Lipinski definition) is 3. The van der Waals surface area contributed by atoms with Gasteiger partial charge in [0.15, 0.2) is 5.03 Å². The molecule has 0 bridgehead atoms. The Morgan fingerprint density at radius 1 is 1.18 bits per heavy atom. The number of likely N-dealkylation sites (N-methyl/N-ethyl adjacent to an activating group) is 1. The molecule has 3 N–H and O–H groups in total. The minimum absolute atomic E-state index is 0.0600. The number of amides is 3. The molecule has 0 fully saturated rings. The summed E-state index contributed by atoms with van der Waals surface area (Å²) < 4.78 is 73.6. The van der Waals surface area contributed by atoms with E-state index in [1.165, 1.54) is 47.2 Å². The molecule has 4 rings (SSSR count). The van der Waals surface area contributed by atoms with E-state index in [-0.39, 0.29) is 53.3 Å². The fourth-order valence-corrected chi connectivity index (χ4v) is 5.73. The molecule has 0 radical (unpaired) electrons. The summed E-state index contributed by atoms with van der Waals surface area (Å²) >= 11 is 0. The van der Waals surface area contributed by atoms with E-state index in [0.717, 1.165) is 28.6 Å². The summed E-state index contributed by atoms with van der Waals surface area (Å²) in [5.74, 6) is -0.707. The molecule has 16 heteroatoms. The summed E-state index contributed by atoms with van der Waals surface area (Å²) in [6.45, 7) is 3.20. The lowest BCUT2D eigenvalue weighted by atomic mass is 9.99. The van der Waals surface area contributed by atoms with Crippen LogP contribution in [0.2, 0.25) is 0 Å². The molecule has 0 saturated carbocycles. The maximum atomic E-state index is 13.7. The Balaban J connectivity index is 1.58. The maximum absolute atomic E-state index is 13.7. The van der Waals surface area contributed by atoms with Crippen molar-refractivity contribution in [1.82, 2.24) is 18.8 Å². The highest BCUT2D eigenvalue weighted by Gasteiger charge is 2.36. The van der Waals surface area contributed by atoms with Crippen molar-refractivity contribution >= 4 is 33.3 Å². The Bertz CT molecular complexity index is 1610. The Morgan fingerprint density at radius 3 is 2.41 bits per heavy atom. The number of ether oxygens (including phenoxy) is 1. The van der Waals surface area contributed by atoms with Crippen LogP contribution in [0.15, 0.2) is 60.0 Å². The van der Waals surface area contributed by atoms with E-state index >= 15 is 0 Å². The van der Waals surface area contributed by atoms with Gasteiger partial charge in [0.2, 0.25) is 0 Å². The summed E-state index contributed by atoms with van der Waals surface area (Å²) in [5, 5.41) is 14.7. The molecule has 1 aromatic heterocycles. The normalized spacial score (nSPS) is 18.2. The lowest BCUT2D eigenvalue weighted by molar-refractivity contribution is -0.137. The lowest BCUT2D eigenvalue weighted by Crippen LogP contribution is -2.50. The van der Waals surface area contributed by atoms with Gasteiger partial charge in [0.25, 0.3) is 15.9 Å². The number of aryl methyl sites for hydroxylation is 1. The number of benzene rings is 2. The van der Waals surface area contributed by atoms with E-state index in [4.69, 9.17) is 4.74 Å². The van der Waals surface area contributed by atoms with Gasteiger partial charge in [-0.1, -0.05) is 6.92 Å². The first kappa shape index (κ1) is 32.8. The minimum atomic E-state index is -4.52. The first-order valence-electron chi connectivity index (χ1n) is 13.5. The number of urea groups is 1. The standard InChI is InChI=1S/C28H33F3N6O6S/c1-17-12-37(18(2)15-38)26(39)22-11-21(34-27(40)33-20-7-5-19(6-8-20)28(29,30)31)9-10-23(22)43-24(17)13-36(4)44(41,42)25-14-35(3)16-32-25/h5-11,14,16-18,24,38H,12-13,15H2,1-4H3,(H2,33,34,40)/t17-,18+,24+/m0/s1. The average molecular weight is 639 g/mol. The van der Waals surface area contributed by atoms with Gasteiger partial charge in [-0.05, 0) is 49.4 Å². The van der Waals surface area contributed by atoms with Crippen molar-refractivity contribution in [2.75, 3.05) is 37.4 Å². The fourth-order valence-electron chi connectivity index (χ4n) is 4.59. The number of anilines is 2. The first-order chi connectivity index (χ1) is 20.6. The predicted octanol–water partition coefficient (Wildman–Crippen LogP) is 3.62. The van der Waals surface area contributed by atoms with E-state index in [2.05, 4.69) is 15.6 Å². The number of sulfonamides is 1. The molecule has 3 amide bonds. The van der Waals surface area contributed by atoms with E-state index in [1.807, 2.05) is 6.92 Å². The van der Waals surface area contributed by atoms with Crippen LogP contribution in [0.3, 0.4) is 0 Å². The molecule has 238 valence electrons. The zero-order valence-corrected chi connectivity index (χ0v) is 25.2. The largest absolute Gasteiger partial charge is 0.488 e. The van der Waals surface area contributed by atoms with Crippen LogP contribution in [0.4, 0.5) is 29.3 Å². The lowest BCUT2D eigenvalue weighted by Gasteiger charge is -2.38. The second kappa shape index (κ2) is 12.8. The SMILES string of the molecule is C[C@H](CO)N1C[C@H](C)[C@@H](CN(C)S(=O)(=O)c2cn(C)cn2)Oc2ccc(NC(=O)Nc3ccc(C(F)(F)F)cc3)cc2C1=O. The number of aromatic nitrogens is 2. The number of imidazole rings is 1. The second-order valence-corrected chi connectivity index (χ2v) is 12.6. The molecule has 3 atom stereocenters. The van der Waals surface area contributed by atoms with Crippen molar-refractivity contribution in [3.8, 4) is 5.75 Å². The van der Waals surface area contributed by atoms with Gasteiger partial charge in [-0.3, -0.25) is 4.79 Å². The molecule has 3 aromatic rings. The van der Waals surface area contributed by atoms with Crippen LogP contribution in [0, 0.1) is 5.92 Å². The van der Waals surface area contributed by atoms with Crippen LogP contribution < -0.4 is 15.4 Å². The first-order valence-corrected chi connectivity index (χ1v) is 15.0. The van der Waals surface area contributed by atoms with Crippen molar-refractivity contribution in [2.24, 2.45) is 13.0 Å². The summed E-state index contributed by atoms with van der Waals surface area (Å²) in [5.41, 5.74) is -0.504. The molecule has 2 aromatic carbocycles. The average Bonchev–Trinajstić information content (AvgIpc) is 3.41. The molecule has 0 spiro atoms. The zero-order chi connectivity index (χ0) is 32.4. The fraction of sp³-hybridized carbons (Fsp3) is 0.393. The molecule has 1 aliphatic heterocycles. The second-order valence-electron chi connectivity index (χ2n) is 10.7. The highest BCUT2D eigenvalue weighted by molar-refractivity contribution is 7.89. The van der Waals surface area contributed by atoms with Gasteiger partial charge in [-0.15, -0.1) is 0 Å². The number of aliphatic hydroxyl groups excluding tert-OH is 1. The number of nitrogens with one attached hydrogen (secondary N) is 2. The smallest absolute Gasteiger partial charge is 0.416 e. The number of carbonyl (C=O) groups excluding carboxylic acids is 2. The van der Waals surface area contributed by atoms with E-state index in [9.17, 15) is 36.3 Å². The molecule has 1 aliphatic rings.